The van der Waals surface area contributed by atoms with Gasteiger partial charge < -0.3 is 0 Å². The summed E-state index contributed by atoms with van der Waals surface area (Å²) in [6.07, 6.45) is -7.60. The number of pyridine rings is 1. The number of aromatic nitrogens is 1. The molecule has 0 fully saturated rings. The lowest BCUT2D eigenvalue weighted by Gasteiger charge is -2.16. The Bertz CT molecular complexity index is 464. The van der Waals surface area contributed by atoms with Gasteiger partial charge in [-0.3, -0.25) is 0 Å². The van der Waals surface area contributed by atoms with Gasteiger partial charge in [0, 0.05) is 11.5 Å². The fraction of sp³-hybridized carbons (Fsp3) is 0.333. The lowest BCUT2D eigenvalue weighted by molar-refractivity contribution is -0.140. The second kappa shape index (κ2) is 4.96. The van der Waals surface area contributed by atoms with Crippen molar-refractivity contribution in [1.29, 1.82) is 5.26 Å². The van der Waals surface area contributed by atoms with Gasteiger partial charge in [-0.25, -0.2) is 13.8 Å². The molecule has 0 radical (unpaired) electrons. The van der Waals surface area contributed by atoms with Crippen molar-refractivity contribution >= 4 is 15.9 Å². The van der Waals surface area contributed by atoms with E-state index in [2.05, 4.69) is 20.9 Å². The molecular formula is C9H4BrF5N2. The van der Waals surface area contributed by atoms with Crippen molar-refractivity contribution in [3.63, 3.8) is 0 Å². The van der Waals surface area contributed by atoms with Gasteiger partial charge in [0.1, 0.15) is 11.8 Å². The molecule has 0 spiro atoms. The van der Waals surface area contributed by atoms with Crippen molar-refractivity contribution in [2.24, 2.45) is 0 Å². The second-order valence-corrected chi connectivity index (χ2v) is 3.53. The summed E-state index contributed by atoms with van der Waals surface area (Å²) in [6, 6.07) is 1.23. The molecule has 1 heterocycles. The molecule has 0 aliphatic heterocycles. The summed E-state index contributed by atoms with van der Waals surface area (Å²) in [4.78, 5) is 3.29. The maximum absolute atomic E-state index is 12.7. The Kier molecular flexibility index (Phi) is 4.03. The average molecular weight is 315 g/mol. The Morgan fingerprint density at radius 2 is 2.00 bits per heavy atom. The first kappa shape index (κ1) is 13.8. The molecule has 1 aromatic heterocycles. The van der Waals surface area contributed by atoms with Crippen LogP contribution in [0.4, 0.5) is 22.0 Å². The van der Waals surface area contributed by atoms with Crippen LogP contribution in [0.25, 0.3) is 0 Å². The maximum atomic E-state index is 12.7. The molecule has 0 N–H and O–H groups in total. The summed E-state index contributed by atoms with van der Waals surface area (Å²) in [5, 5.41) is 8.22. The molecule has 0 aromatic carbocycles. The molecule has 8 heteroatoms. The molecule has 17 heavy (non-hydrogen) atoms. The zero-order valence-corrected chi connectivity index (χ0v) is 9.61. The molecule has 0 atom stereocenters. The first-order chi connectivity index (χ1) is 7.82. The quantitative estimate of drug-likeness (QED) is 0.615. The van der Waals surface area contributed by atoms with E-state index in [-0.39, 0.29) is 5.33 Å². The fourth-order valence-electron chi connectivity index (χ4n) is 1.31. The Morgan fingerprint density at radius 1 is 1.41 bits per heavy atom. The van der Waals surface area contributed by atoms with Crippen LogP contribution < -0.4 is 0 Å². The van der Waals surface area contributed by atoms with Gasteiger partial charge in [-0.15, -0.1) is 0 Å². The number of nitriles is 1. The summed E-state index contributed by atoms with van der Waals surface area (Å²) >= 11 is 2.76. The molecule has 0 unspecified atom stereocenters. The highest BCUT2D eigenvalue weighted by atomic mass is 79.9. The van der Waals surface area contributed by atoms with Crippen molar-refractivity contribution < 1.29 is 22.0 Å². The van der Waals surface area contributed by atoms with E-state index in [9.17, 15) is 22.0 Å². The molecular weight excluding hydrogens is 311 g/mol. The van der Waals surface area contributed by atoms with Gasteiger partial charge in [-0.05, 0) is 5.56 Å². The minimum absolute atomic E-state index is 0.278. The second-order valence-electron chi connectivity index (χ2n) is 2.96. The summed E-state index contributed by atoms with van der Waals surface area (Å²) in [5.41, 5.74) is -4.18. The summed E-state index contributed by atoms with van der Waals surface area (Å²) in [5.74, 6) is 0. The topological polar surface area (TPSA) is 36.7 Å². The normalized spacial score (nSPS) is 11.6. The Labute approximate surface area is 101 Å². The largest absolute Gasteiger partial charge is 0.417 e. The lowest BCUT2D eigenvalue weighted by atomic mass is 10.0. The molecule has 0 saturated carbocycles. The van der Waals surface area contributed by atoms with Gasteiger partial charge in [0.05, 0.1) is 11.1 Å². The van der Waals surface area contributed by atoms with Gasteiger partial charge in [0.2, 0.25) is 0 Å². The molecule has 0 aliphatic rings. The number of hydrogen-bond acceptors (Lipinski definition) is 2. The van der Waals surface area contributed by atoms with Crippen molar-refractivity contribution in [2.75, 3.05) is 0 Å². The standard InChI is InChI=1S/C9H4BrF5N2/c10-1-4-3-17-5(2-16)6(8(11)12)7(4)9(13,14)15/h3,8H,1H2. The zero-order valence-electron chi connectivity index (χ0n) is 8.02. The number of halogens is 6. The van der Waals surface area contributed by atoms with Crippen LogP contribution in [0.15, 0.2) is 6.20 Å². The molecule has 0 saturated heterocycles. The number of hydrogen-bond donors (Lipinski definition) is 0. The average Bonchev–Trinajstić information content (AvgIpc) is 2.25. The Morgan fingerprint density at radius 3 is 2.35 bits per heavy atom. The van der Waals surface area contributed by atoms with Gasteiger partial charge in [0.15, 0.2) is 0 Å². The number of nitrogens with zero attached hydrogens (tertiary/aromatic N) is 2. The van der Waals surface area contributed by atoms with Crippen LogP contribution in [-0.4, -0.2) is 4.98 Å². The molecule has 0 amide bonds. The first-order valence-corrected chi connectivity index (χ1v) is 5.28. The first-order valence-electron chi connectivity index (χ1n) is 4.16. The smallest absolute Gasteiger partial charge is 0.245 e. The molecule has 2 nitrogen and oxygen atoms in total. The number of rotatable bonds is 2. The summed E-state index contributed by atoms with van der Waals surface area (Å²) in [7, 11) is 0. The van der Waals surface area contributed by atoms with E-state index < -0.39 is 35.0 Å². The van der Waals surface area contributed by atoms with Crippen LogP contribution in [-0.2, 0) is 11.5 Å². The van der Waals surface area contributed by atoms with E-state index in [1.54, 1.807) is 0 Å². The minimum atomic E-state index is -4.95. The number of alkyl halides is 6. The monoisotopic (exact) mass is 314 g/mol. The van der Waals surface area contributed by atoms with E-state index in [0.717, 1.165) is 6.20 Å². The Balaban J connectivity index is 3.67. The molecule has 1 rings (SSSR count). The van der Waals surface area contributed by atoms with Crippen LogP contribution in [0.1, 0.15) is 28.8 Å². The highest BCUT2D eigenvalue weighted by Crippen LogP contribution is 2.40. The van der Waals surface area contributed by atoms with Crippen LogP contribution in [0.3, 0.4) is 0 Å². The van der Waals surface area contributed by atoms with Gasteiger partial charge in [0.25, 0.3) is 6.43 Å². The van der Waals surface area contributed by atoms with E-state index in [4.69, 9.17) is 5.26 Å². The fourth-order valence-corrected chi connectivity index (χ4v) is 1.73. The van der Waals surface area contributed by atoms with Crippen molar-refractivity contribution in [1.82, 2.24) is 4.98 Å². The van der Waals surface area contributed by atoms with Crippen molar-refractivity contribution in [3.8, 4) is 6.07 Å². The highest BCUT2D eigenvalue weighted by Gasteiger charge is 2.40. The third-order valence-electron chi connectivity index (χ3n) is 1.95. The highest BCUT2D eigenvalue weighted by molar-refractivity contribution is 9.08. The van der Waals surface area contributed by atoms with Crippen molar-refractivity contribution in [2.45, 2.75) is 17.9 Å². The van der Waals surface area contributed by atoms with Gasteiger partial charge >= 0.3 is 6.18 Å². The Hall–Kier alpha value is -1.23. The molecule has 0 aliphatic carbocycles. The van der Waals surface area contributed by atoms with E-state index >= 15 is 0 Å². The summed E-state index contributed by atoms with van der Waals surface area (Å²) in [6.45, 7) is 0. The summed E-state index contributed by atoms with van der Waals surface area (Å²) < 4.78 is 63.3. The third-order valence-corrected chi connectivity index (χ3v) is 2.55. The lowest BCUT2D eigenvalue weighted by Crippen LogP contribution is -2.15. The molecule has 1 aromatic rings. The van der Waals surface area contributed by atoms with Crippen LogP contribution in [0.2, 0.25) is 0 Å². The van der Waals surface area contributed by atoms with Crippen LogP contribution >= 0.6 is 15.9 Å². The van der Waals surface area contributed by atoms with Crippen molar-refractivity contribution in [3.05, 3.63) is 28.6 Å². The third kappa shape index (κ3) is 2.72. The van der Waals surface area contributed by atoms with E-state index in [1.165, 1.54) is 6.07 Å². The molecule has 0 bridgehead atoms. The predicted molar refractivity (Wildman–Crippen MR) is 51.5 cm³/mol. The van der Waals surface area contributed by atoms with E-state index in [1.807, 2.05) is 0 Å². The predicted octanol–water partition coefficient (Wildman–Crippen LogP) is 3.80. The van der Waals surface area contributed by atoms with E-state index in [0.29, 0.717) is 0 Å². The van der Waals surface area contributed by atoms with Gasteiger partial charge in [-0.2, -0.15) is 18.4 Å². The van der Waals surface area contributed by atoms with Gasteiger partial charge in [-0.1, -0.05) is 15.9 Å². The van der Waals surface area contributed by atoms with Crippen LogP contribution in [0.5, 0.6) is 0 Å². The molecule has 92 valence electrons. The zero-order chi connectivity index (χ0) is 13.2. The van der Waals surface area contributed by atoms with Crippen LogP contribution in [0, 0.1) is 11.3 Å². The minimum Gasteiger partial charge on any atom is -0.245 e. The SMILES string of the molecule is N#Cc1ncc(CBr)c(C(F)(F)F)c1C(F)F. The maximum Gasteiger partial charge on any atom is 0.417 e.